The molecule has 1 saturated carbocycles. The van der Waals surface area contributed by atoms with E-state index in [0.29, 0.717) is 12.8 Å². The molecule has 0 amide bonds. The largest absolute Gasteiger partial charge is 0.472 e. The summed E-state index contributed by atoms with van der Waals surface area (Å²) in [6.07, 6.45) is 27.1. The summed E-state index contributed by atoms with van der Waals surface area (Å²) in [5, 5.41) is 70.4. The van der Waals surface area contributed by atoms with Crippen molar-refractivity contribution >= 4 is 19.8 Å². The van der Waals surface area contributed by atoms with Gasteiger partial charge < -0.3 is 50.1 Å². The van der Waals surface area contributed by atoms with Crippen molar-refractivity contribution in [2.45, 2.75) is 210 Å². The molecule has 0 bridgehead atoms. The number of ether oxygens (including phenoxy) is 2. The summed E-state index contributed by atoms with van der Waals surface area (Å²) in [7, 11) is -5.19. The van der Waals surface area contributed by atoms with Gasteiger partial charge in [0.15, 0.2) is 6.10 Å². The normalized spacial score (nSPS) is 23.0. The predicted octanol–water partition coefficient (Wildman–Crippen LogP) is 7.44. The van der Waals surface area contributed by atoms with Crippen LogP contribution in [0.1, 0.15) is 155 Å². The standard InChI is InChI=1S/C49H83O15P/c1-3-5-7-8-9-10-11-12-13-14-15-16-17-18-22-25-29-35-42(52)61-37-41(38-62-65(59,60)64-49-47(57)45(55)44(54)46(56)48(49)58)63-43(53)36-30-34-40(51)33-28-24-21-19-20-23-27-32-39(50)31-26-6-4-2/h9-10,12-13,20-21,23-24,27-28,32-33,39-41,44-51,54-58H,3-8,11,14-19,22,25-26,29-31,34-38H2,1-2H3,(H,59,60)/b10-9-,13-12-,23-20-,24-21-,32-27+,33-28+/t39-,40-,41-,44?,45-,46+,47-,48-,49?/m1/s1. The molecular formula is C49H83O15P. The highest BCUT2D eigenvalue weighted by molar-refractivity contribution is 7.47. The summed E-state index contributed by atoms with van der Waals surface area (Å²) < 4.78 is 33.4. The van der Waals surface area contributed by atoms with Gasteiger partial charge in [-0.1, -0.05) is 151 Å². The Hall–Kier alpha value is -2.79. The van der Waals surface area contributed by atoms with E-state index >= 15 is 0 Å². The van der Waals surface area contributed by atoms with E-state index in [-0.39, 0.29) is 25.7 Å². The number of aliphatic hydroxyl groups excluding tert-OH is 7. The highest BCUT2D eigenvalue weighted by atomic mass is 31.2. The van der Waals surface area contributed by atoms with Gasteiger partial charge in [0.25, 0.3) is 0 Å². The number of phosphoric acid groups is 1. The van der Waals surface area contributed by atoms with Gasteiger partial charge >= 0.3 is 19.8 Å². The van der Waals surface area contributed by atoms with Crippen molar-refractivity contribution in [2.24, 2.45) is 0 Å². The van der Waals surface area contributed by atoms with Gasteiger partial charge in [-0.05, 0) is 64.2 Å². The van der Waals surface area contributed by atoms with E-state index in [0.717, 1.165) is 83.5 Å². The second-order valence-corrected chi connectivity index (χ2v) is 18.1. The first-order valence-electron chi connectivity index (χ1n) is 24.0. The third-order valence-corrected chi connectivity index (χ3v) is 11.7. The lowest BCUT2D eigenvalue weighted by atomic mass is 9.85. The van der Waals surface area contributed by atoms with Crippen LogP contribution in [-0.4, -0.2) is 121 Å². The van der Waals surface area contributed by atoms with Crippen molar-refractivity contribution in [3.8, 4) is 0 Å². The van der Waals surface area contributed by atoms with E-state index in [1.165, 1.54) is 19.3 Å². The Balaban J connectivity index is 2.56. The van der Waals surface area contributed by atoms with Crippen LogP contribution in [0.4, 0.5) is 0 Å². The fraction of sp³-hybridized carbons (Fsp3) is 0.714. The number of hydrogen-bond donors (Lipinski definition) is 8. The fourth-order valence-electron chi connectivity index (χ4n) is 6.77. The van der Waals surface area contributed by atoms with Crippen LogP contribution >= 0.6 is 7.82 Å². The van der Waals surface area contributed by atoms with Crippen LogP contribution in [0, 0.1) is 0 Å². The Kier molecular flexibility index (Phi) is 35.4. The minimum Gasteiger partial charge on any atom is -0.462 e. The molecule has 3 unspecified atom stereocenters. The molecule has 374 valence electrons. The molecule has 0 heterocycles. The van der Waals surface area contributed by atoms with E-state index in [9.17, 15) is 54.8 Å². The molecule has 15 nitrogen and oxygen atoms in total. The molecule has 1 rings (SSSR count). The molecular weight excluding hydrogens is 859 g/mol. The van der Waals surface area contributed by atoms with Gasteiger partial charge in [-0.3, -0.25) is 18.6 Å². The van der Waals surface area contributed by atoms with Gasteiger partial charge in [0.05, 0.1) is 18.8 Å². The molecule has 0 saturated heterocycles. The molecule has 1 fully saturated rings. The van der Waals surface area contributed by atoms with Crippen molar-refractivity contribution < 1.29 is 73.3 Å². The maximum absolute atomic E-state index is 12.8. The number of hydrogen-bond acceptors (Lipinski definition) is 14. The highest BCUT2D eigenvalue weighted by Gasteiger charge is 2.51. The van der Waals surface area contributed by atoms with E-state index < -0.39 is 87.9 Å². The predicted molar refractivity (Wildman–Crippen MR) is 251 cm³/mol. The lowest BCUT2D eigenvalue weighted by Crippen LogP contribution is -2.64. The number of carbonyl (C=O) groups is 2. The maximum atomic E-state index is 12.8. The first-order valence-corrected chi connectivity index (χ1v) is 25.5. The molecule has 0 aromatic carbocycles. The van der Waals surface area contributed by atoms with Crippen LogP contribution in [0.5, 0.6) is 0 Å². The van der Waals surface area contributed by atoms with Crippen LogP contribution in [0.15, 0.2) is 72.9 Å². The summed E-state index contributed by atoms with van der Waals surface area (Å²) in [6, 6.07) is 0. The van der Waals surface area contributed by atoms with Gasteiger partial charge in [0, 0.05) is 12.8 Å². The minimum absolute atomic E-state index is 0.105. The SMILES string of the molecule is CCCCC/C=C\C/C=C\CCCCCCCCCC(=O)OC[C@H](COP(=O)(O)OC1[C@H](O)[C@H](O)C(O)[C@H](O)[C@H]1O)OC(=O)CCC[C@H](O)/C=C/C=C\C/C=C\C=C\[C@H](O)CCCCC. The van der Waals surface area contributed by atoms with E-state index in [1.54, 1.807) is 24.3 Å². The lowest BCUT2D eigenvalue weighted by Gasteiger charge is -2.41. The zero-order chi connectivity index (χ0) is 48.1. The molecule has 0 spiro atoms. The molecule has 16 heteroatoms. The lowest BCUT2D eigenvalue weighted by molar-refractivity contribution is -0.220. The smallest absolute Gasteiger partial charge is 0.462 e. The topological polar surface area (TPSA) is 250 Å². The molecule has 1 aliphatic carbocycles. The molecule has 0 aromatic heterocycles. The third-order valence-electron chi connectivity index (χ3n) is 10.7. The molecule has 0 aromatic rings. The molecule has 1 aliphatic rings. The van der Waals surface area contributed by atoms with Gasteiger partial charge in [-0.15, -0.1) is 0 Å². The summed E-state index contributed by atoms with van der Waals surface area (Å²) in [6.45, 7) is 2.97. The quantitative estimate of drug-likeness (QED) is 0.00985. The van der Waals surface area contributed by atoms with Crippen LogP contribution in [0.25, 0.3) is 0 Å². The van der Waals surface area contributed by atoms with E-state index in [4.69, 9.17) is 18.5 Å². The van der Waals surface area contributed by atoms with Crippen molar-refractivity contribution in [3.05, 3.63) is 72.9 Å². The average Bonchev–Trinajstić information content (AvgIpc) is 3.27. The number of unbranched alkanes of at least 4 members (excludes halogenated alkanes) is 12. The maximum Gasteiger partial charge on any atom is 0.472 e. The minimum atomic E-state index is -5.19. The summed E-state index contributed by atoms with van der Waals surface area (Å²) in [4.78, 5) is 35.8. The molecule has 10 atom stereocenters. The number of allylic oxidation sites excluding steroid dienone is 10. The van der Waals surface area contributed by atoms with Crippen LogP contribution in [0.2, 0.25) is 0 Å². The third kappa shape index (κ3) is 31.0. The Bertz CT molecular complexity index is 1450. The number of aliphatic hydroxyl groups is 7. The van der Waals surface area contributed by atoms with Gasteiger partial charge in [-0.25, -0.2) is 4.57 Å². The molecule has 65 heavy (non-hydrogen) atoms. The summed E-state index contributed by atoms with van der Waals surface area (Å²) >= 11 is 0. The van der Waals surface area contributed by atoms with Crippen molar-refractivity contribution in [3.63, 3.8) is 0 Å². The molecule has 0 radical (unpaired) electrons. The van der Waals surface area contributed by atoms with Crippen molar-refractivity contribution in [1.82, 2.24) is 0 Å². The average molecular weight is 943 g/mol. The Morgan fingerprint density at radius 1 is 0.554 bits per heavy atom. The second-order valence-electron chi connectivity index (χ2n) is 16.7. The fourth-order valence-corrected chi connectivity index (χ4v) is 7.74. The first kappa shape index (κ1) is 60.2. The number of carbonyl (C=O) groups excluding carboxylic acids is 2. The van der Waals surface area contributed by atoms with Gasteiger partial charge in [0.1, 0.15) is 43.2 Å². The van der Waals surface area contributed by atoms with Crippen molar-refractivity contribution in [2.75, 3.05) is 13.2 Å². The zero-order valence-electron chi connectivity index (χ0n) is 39.0. The number of rotatable bonds is 38. The van der Waals surface area contributed by atoms with E-state index in [2.05, 4.69) is 38.2 Å². The number of esters is 2. The Morgan fingerprint density at radius 2 is 1.03 bits per heavy atom. The molecule has 8 N–H and O–H groups in total. The van der Waals surface area contributed by atoms with Gasteiger partial charge in [-0.2, -0.15) is 0 Å². The Labute approximate surface area is 388 Å². The molecule has 0 aliphatic heterocycles. The van der Waals surface area contributed by atoms with Crippen LogP contribution in [0.3, 0.4) is 0 Å². The summed E-state index contributed by atoms with van der Waals surface area (Å²) in [5.41, 5.74) is 0. The van der Waals surface area contributed by atoms with Crippen molar-refractivity contribution in [1.29, 1.82) is 0 Å². The van der Waals surface area contributed by atoms with Crippen LogP contribution in [-0.2, 0) is 32.7 Å². The monoisotopic (exact) mass is 943 g/mol. The second kappa shape index (κ2) is 38.2. The first-order chi connectivity index (χ1) is 31.2. The highest BCUT2D eigenvalue weighted by Crippen LogP contribution is 2.47. The van der Waals surface area contributed by atoms with Gasteiger partial charge in [0.2, 0.25) is 0 Å². The number of phosphoric ester groups is 1. The summed E-state index contributed by atoms with van der Waals surface area (Å²) in [5.74, 6) is -1.34. The van der Waals surface area contributed by atoms with E-state index in [1.807, 2.05) is 24.3 Å². The Morgan fingerprint density at radius 3 is 1.62 bits per heavy atom. The zero-order valence-corrected chi connectivity index (χ0v) is 39.9. The van der Waals surface area contributed by atoms with Crippen LogP contribution < -0.4 is 0 Å².